The van der Waals surface area contributed by atoms with Gasteiger partial charge in [-0.25, -0.2) is 0 Å². The number of benzene rings is 2. The van der Waals surface area contributed by atoms with Crippen LogP contribution in [0.3, 0.4) is 0 Å². The van der Waals surface area contributed by atoms with Gasteiger partial charge in [0, 0.05) is 25.1 Å². The maximum atomic E-state index is 12.3. The minimum absolute atomic E-state index is 0.0789. The molecule has 1 N–H and O–H groups in total. The average Bonchev–Trinajstić information content (AvgIpc) is 2.88. The monoisotopic (exact) mass is 367 g/mol. The molecule has 1 aliphatic heterocycles. The van der Waals surface area contributed by atoms with E-state index < -0.39 is 4.92 Å². The topological polar surface area (TPSA) is 110 Å². The van der Waals surface area contributed by atoms with Crippen LogP contribution in [0.1, 0.15) is 39.1 Å². The van der Waals surface area contributed by atoms with Gasteiger partial charge in [-0.3, -0.25) is 29.4 Å². The maximum Gasteiger partial charge on any atom is 0.271 e. The SMILES string of the molecule is Cc1ccc([N+](=O)[O-])cc1NC(=O)CCCN1C(=O)c2ccccc2C1=O. The molecule has 0 radical (unpaired) electrons. The Balaban J connectivity index is 1.57. The Morgan fingerprint density at radius 1 is 1.11 bits per heavy atom. The van der Waals surface area contributed by atoms with Crippen molar-refractivity contribution in [2.75, 3.05) is 11.9 Å². The first-order chi connectivity index (χ1) is 12.9. The Bertz CT molecular complexity index is 919. The number of amides is 3. The third-order valence-electron chi connectivity index (χ3n) is 4.37. The highest BCUT2D eigenvalue weighted by Gasteiger charge is 2.34. The number of nitrogens with zero attached hydrogens (tertiary/aromatic N) is 2. The lowest BCUT2D eigenvalue weighted by molar-refractivity contribution is -0.384. The average molecular weight is 367 g/mol. The van der Waals surface area contributed by atoms with Gasteiger partial charge in [0.05, 0.1) is 21.7 Å². The fourth-order valence-corrected chi connectivity index (χ4v) is 2.91. The molecule has 0 aromatic heterocycles. The molecule has 0 atom stereocenters. The highest BCUT2D eigenvalue weighted by atomic mass is 16.6. The summed E-state index contributed by atoms with van der Waals surface area (Å²) in [6.07, 6.45) is 0.376. The minimum Gasteiger partial charge on any atom is -0.326 e. The molecule has 3 rings (SSSR count). The molecule has 0 fully saturated rings. The normalized spacial score (nSPS) is 12.9. The van der Waals surface area contributed by atoms with Crippen LogP contribution in [-0.4, -0.2) is 34.1 Å². The third kappa shape index (κ3) is 3.69. The van der Waals surface area contributed by atoms with Gasteiger partial charge < -0.3 is 5.32 Å². The Labute approximate surface area is 154 Å². The Hall–Kier alpha value is -3.55. The number of rotatable bonds is 6. The molecule has 0 saturated carbocycles. The number of imide groups is 1. The fourth-order valence-electron chi connectivity index (χ4n) is 2.91. The summed E-state index contributed by atoms with van der Waals surface area (Å²) in [5, 5.41) is 13.5. The molecule has 8 heteroatoms. The minimum atomic E-state index is -0.530. The number of anilines is 1. The summed E-state index contributed by atoms with van der Waals surface area (Å²) in [5.74, 6) is -1.05. The van der Waals surface area contributed by atoms with Crippen molar-refractivity contribution in [3.8, 4) is 0 Å². The van der Waals surface area contributed by atoms with Crippen LogP contribution in [0.15, 0.2) is 42.5 Å². The van der Waals surface area contributed by atoms with Crippen LogP contribution in [0.4, 0.5) is 11.4 Å². The predicted octanol–water partition coefficient (Wildman–Crippen LogP) is 2.92. The van der Waals surface area contributed by atoms with Crippen LogP contribution < -0.4 is 5.32 Å². The summed E-state index contributed by atoms with van der Waals surface area (Å²) in [7, 11) is 0. The van der Waals surface area contributed by atoms with Gasteiger partial charge in [0.25, 0.3) is 17.5 Å². The van der Waals surface area contributed by atoms with E-state index >= 15 is 0 Å². The van der Waals surface area contributed by atoms with Crippen molar-refractivity contribution in [3.05, 3.63) is 69.3 Å². The van der Waals surface area contributed by atoms with Crippen molar-refractivity contribution < 1.29 is 19.3 Å². The van der Waals surface area contributed by atoms with Crippen LogP contribution in [0.5, 0.6) is 0 Å². The van der Waals surface area contributed by atoms with Crippen molar-refractivity contribution in [2.24, 2.45) is 0 Å². The first kappa shape index (κ1) is 18.2. The van der Waals surface area contributed by atoms with E-state index in [9.17, 15) is 24.5 Å². The van der Waals surface area contributed by atoms with Gasteiger partial charge in [0.2, 0.25) is 5.91 Å². The molecular formula is C19H17N3O5. The van der Waals surface area contributed by atoms with E-state index in [0.29, 0.717) is 28.8 Å². The highest BCUT2D eigenvalue weighted by molar-refractivity contribution is 6.21. The maximum absolute atomic E-state index is 12.3. The van der Waals surface area contributed by atoms with E-state index in [1.165, 1.54) is 12.1 Å². The van der Waals surface area contributed by atoms with Crippen LogP contribution in [0.25, 0.3) is 0 Å². The molecule has 0 saturated heterocycles. The number of aryl methyl sites for hydroxylation is 1. The van der Waals surface area contributed by atoms with E-state index in [1.807, 2.05) is 0 Å². The Morgan fingerprint density at radius 3 is 2.33 bits per heavy atom. The zero-order chi connectivity index (χ0) is 19.6. The molecule has 2 aromatic carbocycles. The molecule has 0 aliphatic carbocycles. The lowest BCUT2D eigenvalue weighted by atomic mass is 10.1. The second kappa shape index (κ2) is 7.36. The van der Waals surface area contributed by atoms with E-state index in [-0.39, 0.29) is 36.4 Å². The fraction of sp³-hybridized carbons (Fsp3) is 0.211. The number of non-ortho nitro benzene ring substituents is 1. The summed E-state index contributed by atoms with van der Waals surface area (Å²) in [6, 6.07) is 10.8. The van der Waals surface area contributed by atoms with Crippen molar-refractivity contribution in [3.63, 3.8) is 0 Å². The predicted molar refractivity (Wildman–Crippen MR) is 97.5 cm³/mol. The Kier molecular flexibility index (Phi) is 4.98. The molecular weight excluding hydrogens is 350 g/mol. The smallest absolute Gasteiger partial charge is 0.271 e. The van der Waals surface area contributed by atoms with Gasteiger partial charge >= 0.3 is 0 Å². The molecule has 138 valence electrons. The van der Waals surface area contributed by atoms with Gasteiger partial charge in [-0.05, 0) is 31.0 Å². The number of fused-ring (bicyclic) bond motifs is 1. The third-order valence-corrected chi connectivity index (χ3v) is 4.37. The number of nitrogens with one attached hydrogen (secondary N) is 1. The molecule has 1 aliphatic rings. The number of carbonyl (C=O) groups excluding carboxylic acids is 3. The van der Waals surface area contributed by atoms with Gasteiger partial charge in [-0.1, -0.05) is 18.2 Å². The summed E-state index contributed by atoms with van der Waals surface area (Å²) in [6.45, 7) is 1.87. The van der Waals surface area contributed by atoms with E-state index in [0.717, 1.165) is 4.90 Å². The molecule has 0 spiro atoms. The van der Waals surface area contributed by atoms with Gasteiger partial charge in [0.1, 0.15) is 0 Å². The molecule has 3 amide bonds. The first-order valence-corrected chi connectivity index (χ1v) is 8.38. The number of carbonyl (C=O) groups is 3. The summed E-state index contributed by atoms with van der Waals surface area (Å²) in [4.78, 5) is 48.1. The van der Waals surface area contributed by atoms with Gasteiger partial charge in [0.15, 0.2) is 0 Å². The highest BCUT2D eigenvalue weighted by Crippen LogP contribution is 2.24. The number of nitro groups is 1. The van der Waals surface area contributed by atoms with E-state index in [2.05, 4.69) is 5.32 Å². The molecule has 1 heterocycles. The molecule has 8 nitrogen and oxygen atoms in total. The molecule has 0 unspecified atom stereocenters. The molecule has 0 bridgehead atoms. The van der Waals surface area contributed by atoms with Gasteiger partial charge in [-0.2, -0.15) is 0 Å². The lowest BCUT2D eigenvalue weighted by Crippen LogP contribution is -2.31. The summed E-state index contributed by atoms with van der Waals surface area (Å²) < 4.78 is 0. The lowest BCUT2D eigenvalue weighted by Gasteiger charge is -2.13. The molecule has 2 aromatic rings. The summed E-state index contributed by atoms with van der Waals surface area (Å²) >= 11 is 0. The largest absolute Gasteiger partial charge is 0.326 e. The van der Waals surface area contributed by atoms with Crippen LogP contribution in [0.2, 0.25) is 0 Å². The second-order valence-electron chi connectivity index (χ2n) is 6.22. The van der Waals surface area contributed by atoms with Crippen molar-refractivity contribution in [2.45, 2.75) is 19.8 Å². The standard InChI is InChI=1S/C19H17N3O5/c1-12-8-9-13(22(26)27)11-16(12)20-17(23)7-4-10-21-18(24)14-5-2-3-6-15(14)19(21)25/h2-3,5-6,8-9,11H,4,7,10H2,1H3,(H,20,23). The van der Waals surface area contributed by atoms with Crippen LogP contribution in [-0.2, 0) is 4.79 Å². The number of hydrogen-bond acceptors (Lipinski definition) is 5. The van der Waals surface area contributed by atoms with Crippen molar-refractivity contribution in [1.82, 2.24) is 4.90 Å². The van der Waals surface area contributed by atoms with Crippen molar-refractivity contribution >= 4 is 29.1 Å². The van der Waals surface area contributed by atoms with Gasteiger partial charge in [-0.15, -0.1) is 0 Å². The van der Waals surface area contributed by atoms with E-state index in [1.54, 1.807) is 37.3 Å². The number of hydrogen-bond donors (Lipinski definition) is 1. The molecule has 27 heavy (non-hydrogen) atoms. The zero-order valence-corrected chi connectivity index (χ0v) is 14.6. The Morgan fingerprint density at radius 2 is 1.74 bits per heavy atom. The van der Waals surface area contributed by atoms with Crippen LogP contribution >= 0.6 is 0 Å². The van der Waals surface area contributed by atoms with Crippen molar-refractivity contribution in [1.29, 1.82) is 0 Å². The quantitative estimate of drug-likeness (QED) is 0.479. The zero-order valence-electron chi connectivity index (χ0n) is 14.6. The first-order valence-electron chi connectivity index (χ1n) is 8.38. The van der Waals surface area contributed by atoms with E-state index in [4.69, 9.17) is 0 Å². The summed E-state index contributed by atoms with van der Waals surface area (Å²) in [5.41, 5.74) is 1.71. The van der Waals surface area contributed by atoms with Crippen LogP contribution in [0, 0.1) is 17.0 Å². The number of nitro benzene ring substituents is 1. The second-order valence-corrected chi connectivity index (χ2v) is 6.22.